The third-order valence-corrected chi connectivity index (χ3v) is 4.95. The number of methoxy groups -OCH3 is 1. The highest BCUT2D eigenvalue weighted by molar-refractivity contribution is 9.10. The zero-order valence-electron chi connectivity index (χ0n) is 13.8. The molecule has 1 aromatic carbocycles. The maximum atomic E-state index is 5.50. The summed E-state index contributed by atoms with van der Waals surface area (Å²) in [4.78, 5) is 6.96. The van der Waals surface area contributed by atoms with Crippen LogP contribution in [0.4, 0.5) is 0 Å². The number of allylic oxidation sites excluding steroid dienone is 2. The largest absolute Gasteiger partial charge is 0.496 e. The van der Waals surface area contributed by atoms with Crippen molar-refractivity contribution in [3.8, 4) is 5.75 Å². The van der Waals surface area contributed by atoms with Gasteiger partial charge in [-0.25, -0.2) is 0 Å². The van der Waals surface area contributed by atoms with Gasteiger partial charge in [0.15, 0.2) is 0 Å². The Bertz CT molecular complexity index is 676. The van der Waals surface area contributed by atoms with E-state index in [1.807, 2.05) is 12.1 Å². The second-order valence-electron chi connectivity index (χ2n) is 6.01. The van der Waals surface area contributed by atoms with E-state index in [1.165, 1.54) is 16.7 Å². The summed E-state index contributed by atoms with van der Waals surface area (Å²) in [7, 11) is 3.87. The Morgan fingerprint density at radius 2 is 2.04 bits per heavy atom. The number of aryl methyl sites for hydroxylation is 1. The van der Waals surface area contributed by atoms with Gasteiger partial charge in [0.1, 0.15) is 11.6 Å². The number of halogens is 1. The van der Waals surface area contributed by atoms with Gasteiger partial charge >= 0.3 is 0 Å². The Hall–Kier alpha value is -1.55. The fraction of sp³-hybridized carbons (Fsp3) is 0.421. The van der Waals surface area contributed by atoms with Gasteiger partial charge in [-0.3, -0.25) is 4.99 Å². The number of ether oxygens (including phenoxy) is 1. The molecule has 3 nitrogen and oxygen atoms in total. The summed E-state index contributed by atoms with van der Waals surface area (Å²) in [6, 6.07) is 6.21. The standard InChI is InChI=1S/C19H23BrN2O/c1-22-12-11-21-19(22)17-6-4-3-5-14(17)7-8-15-13-16(20)9-10-18(15)23-2/h5-6,9-10,13H,3-4,7-8,11-12H2,1-2H3. The van der Waals surface area contributed by atoms with Gasteiger partial charge in [-0.2, -0.15) is 0 Å². The van der Waals surface area contributed by atoms with Crippen LogP contribution in [0.15, 0.2) is 51.0 Å². The van der Waals surface area contributed by atoms with Crippen molar-refractivity contribution in [1.82, 2.24) is 4.90 Å². The average Bonchev–Trinajstić information content (AvgIpc) is 2.99. The molecule has 2 aliphatic rings. The molecule has 0 unspecified atom stereocenters. The van der Waals surface area contributed by atoms with Crippen molar-refractivity contribution in [2.45, 2.75) is 25.7 Å². The molecule has 4 heteroatoms. The number of hydrogen-bond acceptors (Lipinski definition) is 3. The van der Waals surface area contributed by atoms with E-state index in [0.29, 0.717) is 0 Å². The number of likely N-dealkylation sites (N-methyl/N-ethyl adjacent to an activating group) is 1. The quantitative estimate of drug-likeness (QED) is 0.763. The minimum atomic E-state index is 0.913. The highest BCUT2D eigenvalue weighted by Gasteiger charge is 2.21. The van der Waals surface area contributed by atoms with E-state index >= 15 is 0 Å². The third-order valence-electron chi connectivity index (χ3n) is 4.46. The second-order valence-corrected chi connectivity index (χ2v) is 6.92. The smallest absolute Gasteiger partial charge is 0.130 e. The van der Waals surface area contributed by atoms with E-state index in [4.69, 9.17) is 9.73 Å². The van der Waals surface area contributed by atoms with Crippen molar-refractivity contribution in [2.24, 2.45) is 4.99 Å². The maximum Gasteiger partial charge on any atom is 0.130 e. The highest BCUT2D eigenvalue weighted by atomic mass is 79.9. The molecule has 1 heterocycles. The number of rotatable bonds is 5. The van der Waals surface area contributed by atoms with Gasteiger partial charge in [0.2, 0.25) is 0 Å². The van der Waals surface area contributed by atoms with Crippen molar-refractivity contribution >= 4 is 21.8 Å². The van der Waals surface area contributed by atoms with Crippen LogP contribution in [0.5, 0.6) is 5.75 Å². The van der Waals surface area contributed by atoms with Gasteiger partial charge in [0.25, 0.3) is 0 Å². The van der Waals surface area contributed by atoms with Crippen LogP contribution in [0.2, 0.25) is 0 Å². The second kappa shape index (κ2) is 7.35. The molecule has 0 atom stereocenters. The highest BCUT2D eigenvalue weighted by Crippen LogP contribution is 2.30. The van der Waals surface area contributed by atoms with E-state index < -0.39 is 0 Å². The predicted molar refractivity (Wildman–Crippen MR) is 99.3 cm³/mol. The Kier molecular flexibility index (Phi) is 5.21. The molecule has 0 aromatic heterocycles. The van der Waals surface area contributed by atoms with E-state index in [-0.39, 0.29) is 0 Å². The Labute approximate surface area is 146 Å². The molecule has 122 valence electrons. The van der Waals surface area contributed by atoms with Gasteiger partial charge in [-0.1, -0.05) is 28.1 Å². The molecule has 1 aliphatic carbocycles. The van der Waals surface area contributed by atoms with Gasteiger partial charge < -0.3 is 9.64 Å². The minimum Gasteiger partial charge on any atom is -0.496 e. The molecule has 0 N–H and O–H groups in total. The molecule has 1 aliphatic heterocycles. The van der Waals surface area contributed by atoms with Gasteiger partial charge in [0.05, 0.1) is 13.7 Å². The fourth-order valence-electron chi connectivity index (χ4n) is 3.23. The SMILES string of the molecule is COc1ccc(Br)cc1CCC1=CCCC=C1C1=NCCN1C. The molecule has 3 rings (SSSR count). The summed E-state index contributed by atoms with van der Waals surface area (Å²) >= 11 is 3.56. The molecule has 0 spiro atoms. The lowest BCUT2D eigenvalue weighted by molar-refractivity contribution is 0.409. The first kappa shape index (κ1) is 16.3. The van der Waals surface area contributed by atoms with E-state index in [9.17, 15) is 0 Å². The Morgan fingerprint density at radius 1 is 1.22 bits per heavy atom. The summed E-state index contributed by atoms with van der Waals surface area (Å²) in [5.41, 5.74) is 4.01. The number of benzene rings is 1. The van der Waals surface area contributed by atoms with Crippen molar-refractivity contribution < 1.29 is 4.74 Å². The number of nitrogens with zero attached hydrogens (tertiary/aromatic N) is 2. The Morgan fingerprint density at radius 3 is 2.78 bits per heavy atom. The van der Waals surface area contributed by atoms with Crippen LogP contribution in [-0.4, -0.2) is 38.0 Å². The van der Waals surface area contributed by atoms with Crippen molar-refractivity contribution in [3.63, 3.8) is 0 Å². The van der Waals surface area contributed by atoms with Crippen molar-refractivity contribution in [3.05, 3.63) is 51.5 Å². The third kappa shape index (κ3) is 3.69. The van der Waals surface area contributed by atoms with Crippen molar-refractivity contribution in [2.75, 3.05) is 27.2 Å². The van der Waals surface area contributed by atoms with Crippen LogP contribution in [0.25, 0.3) is 0 Å². The lowest BCUT2D eigenvalue weighted by atomic mass is 9.91. The first-order valence-electron chi connectivity index (χ1n) is 8.17. The Balaban J connectivity index is 1.76. The summed E-state index contributed by atoms with van der Waals surface area (Å²) < 4.78 is 6.60. The molecular weight excluding hydrogens is 352 g/mol. The fourth-order valence-corrected chi connectivity index (χ4v) is 3.64. The molecule has 23 heavy (non-hydrogen) atoms. The molecule has 0 saturated carbocycles. The molecule has 1 aromatic rings. The van der Waals surface area contributed by atoms with Crippen LogP contribution in [0.3, 0.4) is 0 Å². The number of aliphatic imine (C=N–C) groups is 1. The molecule has 0 fully saturated rings. The van der Waals surface area contributed by atoms with E-state index in [1.54, 1.807) is 7.11 Å². The van der Waals surface area contributed by atoms with Gasteiger partial charge in [-0.05, 0) is 55.0 Å². The van der Waals surface area contributed by atoms with Crippen LogP contribution in [0.1, 0.15) is 24.8 Å². The molecule has 0 radical (unpaired) electrons. The van der Waals surface area contributed by atoms with Crippen LogP contribution in [-0.2, 0) is 6.42 Å². The molecule has 0 saturated heterocycles. The zero-order valence-corrected chi connectivity index (χ0v) is 15.4. The predicted octanol–water partition coefficient (Wildman–Crippen LogP) is 4.38. The lowest BCUT2D eigenvalue weighted by Crippen LogP contribution is -2.25. The minimum absolute atomic E-state index is 0.913. The van der Waals surface area contributed by atoms with Crippen LogP contribution in [0, 0.1) is 0 Å². The van der Waals surface area contributed by atoms with E-state index in [2.05, 4.69) is 46.1 Å². The van der Waals surface area contributed by atoms with Gasteiger partial charge in [-0.15, -0.1) is 0 Å². The zero-order chi connectivity index (χ0) is 16.2. The first-order valence-corrected chi connectivity index (χ1v) is 8.96. The first-order chi connectivity index (χ1) is 11.2. The topological polar surface area (TPSA) is 24.8 Å². The normalized spacial score (nSPS) is 17.7. The molecule has 0 bridgehead atoms. The molecule has 0 amide bonds. The monoisotopic (exact) mass is 374 g/mol. The lowest BCUT2D eigenvalue weighted by Gasteiger charge is -2.22. The number of hydrogen-bond donors (Lipinski definition) is 0. The van der Waals surface area contributed by atoms with E-state index in [0.717, 1.165) is 54.8 Å². The summed E-state index contributed by atoms with van der Waals surface area (Å²) in [5, 5.41) is 0. The summed E-state index contributed by atoms with van der Waals surface area (Å²) in [6.45, 7) is 1.94. The van der Waals surface area contributed by atoms with Gasteiger partial charge in [0, 0.05) is 23.6 Å². The number of amidine groups is 1. The van der Waals surface area contributed by atoms with Crippen LogP contribution < -0.4 is 4.74 Å². The summed E-state index contributed by atoms with van der Waals surface area (Å²) in [6.07, 6.45) is 8.98. The van der Waals surface area contributed by atoms with Crippen molar-refractivity contribution in [1.29, 1.82) is 0 Å². The maximum absolute atomic E-state index is 5.50. The molecular formula is C19H23BrN2O. The van der Waals surface area contributed by atoms with Crippen LogP contribution >= 0.6 is 15.9 Å². The summed E-state index contributed by atoms with van der Waals surface area (Å²) in [5.74, 6) is 2.13. The average molecular weight is 375 g/mol.